The third kappa shape index (κ3) is 5.26. The van der Waals surface area contributed by atoms with Crippen LogP contribution in [0.2, 0.25) is 5.02 Å². The van der Waals surface area contributed by atoms with Crippen molar-refractivity contribution in [2.75, 3.05) is 39.2 Å². The number of thioether (sulfide) groups is 1. The van der Waals surface area contributed by atoms with Gasteiger partial charge in [0.05, 0.1) is 11.6 Å². The molecule has 8 nitrogen and oxygen atoms in total. The minimum atomic E-state index is -0.305. The number of nitrogens with one attached hydrogen (secondary N) is 2. The van der Waals surface area contributed by atoms with E-state index < -0.39 is 0 Å². The molecule has 0 bridgehead atoms. The number of aromatic nitrogens is 1. The summed E-state index contributed by atoms with van der Waals surface area (Å²) in [6, 6.07) is 4.19. The largest absolute Gasteiger partial charge is 0.484 e. The molecule has 0 unspecified atom stereocenters. The molecule has 0 radical (unpaired) electrons. The second-order valence-corrected chi connectivity index (χ2v) is 13.2. The number of carbonyl (C=O) groups excluding carboxylic acids is 1. The lowest BCUT2D eigenvalue weighted by Crippen LogP contribution is -2.60. The number of hydrogen-bond acceptors (Lipinski definition) is 7. The number of pyridine rings is 1. The van der Waals surface area contributed by atoms with E-state index in [0.29, 0.717) is 57.2 Å². The van der Waals surface area contributed by atoms with Gasteiger partial charge in [0, 0.05) is 65.0 Å². The second-order valence-electron chi connectivity index (χ2n) is 11.9. The Hall–Kier alpha value is -2.20. The van der Waals surface area contributed by atoms with Gasteiger partial charge in [-0.1, -0.05) is 11.6 Å². The zero-order valence-corrected chi connectivity index (χ0v) is 25.0. The third-order valence-corrected chi connectivity index (χ3v) is 10.4. The Morgan fingerprint density at radius 3 is 2.67 bits per heavy atom. The lowest BCUT2D eigenvalue weighted by Gasteiger charge is -2.52. The fraction of sp³-hybridized carbons (Fsp3) is 0.600. The standard InChI is InChI=1S/C30H38ClN3O5S/c1-17-10-25(40-3)22(29(36)33-17)12-32-28(35)21-11-23(31)27-26(18(21)2)39-24(13-38-27)19-4-6-20(7-5-19)34-14-30(15-34)8-9-37-16-30/h10-11,19-20,24H,4-9,12-16H2,1-3H3,(H,32,35)(H,33,36)/t19-,20+,24-/m1/s1. The first-order valence-electron chi connectivity index (χ1n) is 14.3. The Morgan fingerprint density at radius 2 is 1.98 bits per heavy atom. The van der Waals surface area contributed by atoms with Crippen LogP contribution in [0.1, 0.15) is 59.3 Å². The number of ether oxygens (including phenoxy) is 3. The van der Waals surface area contributed by atoms with Gasteiger partial charge in [0.25, 0.3) is 11.5 Å². The molecule has 40 heavy (non-hydrogen) atoms. The summed E-state index contributed by atoms with van der Waals surface area (Å²) in [5, 5.41) is 3.26. The van der Waals surface area contributed by atoms with Crippen molar-refractivity contribution in [1.82, 2.24) is 15.2 Å². The highest BCUT2D eigenvalue weighted by Crippen LogP contribution is 2.46. The van der Waals surface area contributed by atoms with Crippen LogP contribution in [0.5, 0.6) is 11.5 Å². The number of rotatable bonds is 6. The monoisotopic (exact) mass is 587 g/mol. The Balaban J connectivity index is 1.10. The van der Waals surface area contributed by atoms with E-state index in [1.807, 2.05) is 26.2 Å². The minimum Gasteiger partial charge on any atom is -0.484 e. The van der Waals surface area contributed by atoms with Crippen LogP contribution in [0.4, 0.5) is 0 Å². The van der Waals surface area contributed by atoms with E-state index in [9.17, 15) is 9.59 Å². The molecular formula is C30H38ClN3O5S. The first-order valence-corrected chi connectivity index (χ1v) is 15.9. The van der Waals surface area contributed by atoms with Crippen LogP contribution in [0, 0.1) is 25.2 Å². The molecule has 10 heteroatoms. The molecule has 4 heterocycles. The summed E-state index contributed by atoms with van der Waals surface area (Å²) < 4.78 is 18.3. The summed E-state index contributed by atoms with van der Waals surface area (Å²) in [6.07, 6.45) is 7.60. The van der Waals surface area contributed by atoms with Gasteiger partial charge in [0.2, 0.25) is 0 Å². The van der Waals surface area contributed by atoms with E-state index in [0.717, 1.165) is 36.6 Å². The number of aryl methyl sites for hydroxylation is 1. The van der Waals surface area contributed by atoms with Crippen molar-refractivity contribution >= 4 is 29.3 Å². The Kier molecular flexibility index (Phi) is 7.85. The minimum absolute atomic E-state index is 0.0669. The van der Waals surface area contributed by atoms with E-state index in [2.05, 4.69) is 15.2 Å². The van der Waals surface area contributed by atoms with E-state index in [4.69, 9.17) is 25.8 Å². The maximum Gasteiger partial charge on any atom is 0.254 e. The van der Waals surface area contributed by atoms with E-state index in [1.54, 1.807) is 6.07 Å². The van der Waals surface area contributed by atoms with Gasteiger partial charge >= 0.3 is 0 Å². The van der Waals surface area contributed by atoms with Gasteiger partial charge in [-0.05, 0) is 70.3 Å². The van der Waals surface area contributed by atoms with Gasteiger partial charge in [-0.15, -0.1) is 11.8 Å². The van der Waals surface area contributed by atoms with Crippen LogP contribution in [0.3, 0.4) is 0 Å². The number of amides is 1. The molecule has 1 atom stereocenters. The van der Waals surface area contributed by atoms with E-state index in [1.165, 1.54) is 44.1 Å². The van der Waals surface area contributed by atoms with Crippen LogP contribution >= 0.6 is 23.4 Å². The van der Waals surface area contributed by atoms with Crippen LogP contribution < -0.4 is 20.3 Å². The molecule has 1 aromatic heterocycles. The van der Waals surface area contributed by atoms with Crippen molar-refractivity contribution in [3.8, 4) is 11.5 Å². The highest BCUT2D eigenvalue weighted by molar-refractivity contribution is 7.98. The molecule has 6 rings (SSSR count). The zero-order valence-electron chi connectivity index (χ0n) is 23.4. The second kappa shape index (κ2) is 11.2. The molecule has 3 aliphatic heterocycles. The average molecular weight is 588 g/mol. The zero-order chi connectivity index (χ0) is 28.0. The molecule has 2 saturated heterocycles. The summed E-state index contributed by atoms with van der Waals surface area (Å²) >= 11 is 8.06. The molecule has 3 fully saturated rings. The number of hydrogen-bond donors (Lipinski definition) is 2. The number of fused-ring (bicyclic) bond motifs is 1. The van der Waals surface area contributed by atoms with Gasteiger partial charge in [-0.2, -0.15) is 0 Å². The number of carbonyl (C=O) groups is 1. The Bertz CT molecular complexity index is 1340. The van der Waals surface area contributed by atoms with Crippen molar-refractivity contribution in [2.24, 2.45) is 11.3 Å². The highest BCUT2D eigenvalue weighted by Gasteiger charge is 2.48. The maximum absolute atomic E-state index is 13.3. The highest BCUT2D eigenvalue weighted by atomic mass is 35.5. The van der Waals surface area contributed by atoms with Crippen molar-refractivity contribution in [3.05, 3.63) is 49.9 Å². The summed E-state index contributed by atoms with van der Waals surface area (Å²) in [4.78, 5) is 32.1. The molecule has 2 aromatic rings. The molecule has 4 aliphatic rings. The van der Waals surface area contributed by atoms with Gasteiger partial charge in [-0.25, -0.2) is 0 Å². The van der Waals surface area contributed by atoms with Crippen molar-refractivity contribution in [1.29, 1.82) is 0 Å². The third-order valence-electron chi connectivity index (χ3n) is 9.27. The summed E-state index contributed by atoms with van der Waals surface area (Å²) in [6.45, 7) is 8.49. The summed E-state index contributed by atoms with van der Waals surface area (Å²) in [7, 11) is 0. The van der Waals surface area contributed by atoms with Crippen molar-refractivity contribution < 1.29 is 19.0 Å². The van der Waals surface area contributed by atoms with Crippen LogP contribution in [-0.4, -0.2) is 67.1 Å². The number of halogens is 1. The fourth-order valence-corrected chi connectivity index (χ4v) is 7.86. The normalized spacial score (nSPS) is 25.6. The summed E-state index contributed by atoms with van der Waals surface area (Å²) in [5.74, 6) is 1.16. The van der Waals surface area contributed by atoms with Crippen LogP contribution in [0.25, 0.3) is 0 Å². The first kappa shape index (κ1) is 27.9. The molecular weight excluding hydrogens is 550 g/mol. The quantitative estimate of drug-likeness (QED) is 0.473. The Morgan fingerprint density at radius 1 is 1.20 bits per heavy atom. The van der Waals surface area contributed by atoms with Gasteiger partial charge in [0.15, 0.2) is 11.5 Å². The van der Waals surface area contributed by atoms with Gasteiger partial charge in [-0.3, -0.25) is 14.5 Å². The topological polar surface area (TPSA) is 92.9 Å². The molecule has 1 saturated carbocycles. The smallest absolute Gasteiger partial charge is 0.254 e. The lowest BCUT2D eigenvalue weighted by molar-refractivity contribution is -0.0557. The predicted molar refractivity (Wildman–Crippen MR) is 156 cm³/mol. The molecule has 216 valence electrons. The van der Waals surface area contributed by atoms with Crippen molar-refractivity contribution in [3.63, 3.8) is 0 Å². The Labute approximate surface area is 244 Å². The first-order chi connectivity index (χ1) is 19.3. The molecule has 1 aromatic carbocycles. The summed E-state index contributed by atoms with van der Waals surface area (Å²) in [5.41, 5.74) is 2.68. The number of likely N-dealkylation sites (tertiary alicyclic amines) is 1. The molecule has 1 amide bonds. The van der Waals surface area contributed by atoms with Crippen LogP contribution in [0.15, 0.2) is 21.8 Å². The number of nitrogens with zero attached hydrogens (tertiary/aromatic N) is 1. The van der Waals surface area contributed by atoms with Gasteiger partial charge < -0.3 is 24.5 Å². The predicted octanol–water partition coefficient (Wildman–Crippen LogP) is 4.72. The fourth-order valence-electron chi connectivity index (χ4n) is 6.91. The average Bonchev–Trinajstić information content (AvgIpc) is 3.44. The molecule has 1 spiro atoms. The van der Waals surface area contributed by atoms with E-state index in [-0.39, 0.29) is 24.1 Å². The van der Waals surface area contributed by atoms with Gasteiger partial charge in [0.1, 0.15) is 12.7 Å². The molecule has 2 N–H and O–H groups in total. The number of benzene rings is 1. The van der Waals surface area contributed by atoms with Crippen LogP contribution in [-0.2, 0) is 11.3 Å². The lowest BCUT2D eigenvalue weighted by atomic mass is 9.75. The number of aromatic amines is 1. The molecule has 1 aliphatic carbocycles. The maximum atomic E-state index is 13.3. The number of H-pyrrole nitrogens is 1. The van der Waals surface area contributed by atoms with Crippen molar-refractivity contribution in [2.45, 2.75) is 69.5 Å². The van der Waals surface area contributed by atoms with E-state index >= 15 is 0 Å². The SMILES string of the molecule is CSc1cc(C)[nH]c(=O)c1CNC(=O)c1cc(Cl)c2c(c1C)O[C@@H]([C@H]1CC[C@@H](N3CC4(CCOC4)C3)CC1)CO2.